The molecular weight excluding hydrogens is 203 g/mol. The van der Waals surface area contributed by atoms with E-state index < -0.39 is 9.05 Å². The van der Waals surface area contributed by atoms with Gasteiger partial charge in [0.25, 0.3) is 0 Å². The summed E-state index contributed by atoms with van der Waals surface area (Å²) in [5, 5.41) is 0. The molecule has 0 aliphatic heterocycles. The van der Waals surface area contributed by atoms with Gasteiger partial charge < -0.3 is 24.7 Å². The van der Waals surface area contributed by atoms with Crippen LogP contribution in [0.25, 0.3) is 0 Å². The molecule has 0 spiro atoms. The molecule has 0 aromatic heterocycles. The predicted octanol–water partition coefficient (Wildman–Crippen LogP) is -7.05. The Balaban J connectivity index is -0.0000000267. The minimum Gasteiger partial charge on any atom is -0.870 e. The van der Waals surface area contributed by atoms with Crippen molar-refractivity contribution in [3.63, 3.8) is 0 Å². The Kier molecular flexibility index (Phi) is 25.8. The zero-order chi connectivity index (χ0) is 4.50. The Labute approximate surface area is 100 Å². The third-order valence-corrected chi connectivity index (χ3v) is 0. The van der Waals surface area contributed by atoms with E-state index in [2.05, 4.69) is 0 Å². The molecule has 0 aromatic carbocycles. The van der Waals surface area contributed by atoms with Gasteiger partial charge in [-0.05, 0) is 0 Å². The topological polar surface area (TPSA) is 117 Å². The molecule has 0 aliphatic rings. The fourth-order valence-electron chi connectivity index (χ4n) is 0. The van der Waals surface area contributed by atoms with E-state index in [9.17, 15) is 0 Å². The van der Waals surface area contributed by atoms with Crippen molar-refractivity contribution >= 4 is 9.05 Å². The summed E-state index contributed by atoms with van der Waals surface area (Å²) >= 11 is 0. The molecular formula is H3FeKO5Si. The summed E-state index contributed by atoms with van der Waals surface area (Å²) in [4.78, 5) is 31.8. The van der Waals surface area contributed by atoms with Crippen molar-refractivity contribution in [1.82, 2.24) is 0 Å². The first-order valence-electron chi connectivity index (χ1n) is 0.855. The molecule has 8 heavy (non-hydrogen) atoms. The van der Waals surface area contributed by atoms with E-state index in [1.165, 1.54) is 0 Å². The van der Waals surface area contributed by atoms with Gasteiger partial charge in [-0.25, -0.2) is 0 Å². The van der Waals surface area contributed by atoms with E-state index in [1.54, 1.807) is 0 Å². The summed E-state index contributed by atoms with van der Waals surface area (Å²) in [5.41, 5.74) is 0. The Morgan fingerprint density at radius 3 is 1.12 bits per heavy atom. The van der Waals surface area contributed by atoms with Crippen LogP contribution < -0.4 is 61.0 Å². The molecule has 0 bridgehead atoms. The van der Waals surface area contributed by atoms with Gasteiger partial charge in [-0.1, -0.05) is 0 Å². The Morgan fingerprint density at radius 1 is 1.12 bits per heavy atom. The average molecular weight is 206 g/mol. The SMILES string of the molecule is [Fe+2].[K+].[O-][Si]([O-])(O)O.[OH-]. The Bertz CT molecular complexity index is 27.9. The molecule has 0 atom stereocenters. The fraction of sp³-hybridized carbons (Fsp3) is 0. The molecule has 0 amide bonds. The van der Waals surface area contributed by atoms with Crippen LogP contribution in [0.1, 0.15) is 0 Å². The smallest absolute Gasteiger partial charge is 0.870 e. The number of hydrogen-bond acceptors (Lipinski definition) is 5. The summed E-state index contributed by atoms with van der Waals surface area (Å²) in [6.07, 6.45) is 0. The van der Waals surface area contributed by atoms with Crippen molar-refractivity contribution in [2.45, 2.75) is 0 Å². The molecule has 0 saturated heterocycles. The van der Waals surface area contributed by atoms with Crippen molar-refractivity contribution in [2.75, 3.05) is 0 Å². The van der Waals surface area contributed by atoms with Gasteiger partial charge in [0.2, 0.25) is 0 Å². The van der Waals surface area contributed by atoms with Crippen LogP contribution in [0.4, 0.5) is 0 Å². The van der Waals surface area contributed by atoms with Crippen molar-refractivity contribution in [1.29, 1.82) is 0 Å². The molecule has 0 aromatic rings. The van der Waals surface area contributed by atoms with Crippen LogP contribution in [-0.4, -0.2) is 24.1 Å². The van der Waals surface area contributed by atoms with Crippen molar-refractivity contribution in [2.24, 2.45) is 0 Å². The minimum atomic E-state index is -5.11. The molecule has 3 N–H and O–H groups in total. The second-order valence-electron chi connectivity index (χ2n) is 0.548. The van der Waals surface area contributed by atoms with Crippen LogP contribution in [0.3, 0.4) is 0 Å². The van der Waals surface area contributed by atoms with E-state index in [-0.39, 0.29) is 73.9 Å². The van der Waals surface area contributed by atoms with E-state index in [1.807, 2.05) is 0 Å². The minimum absolute atomic E-state index is 0. The first-order chi connectivity index (χ1) is 2.00. The summed E-state index contributed by atoms with van der Waals surface area (Å²) in [6.45, 7) is 0. The zero-order valence-corrected chi connectivity index (χ0v) is 9.24. The van der Waals surface area contributed by atoms with E-state index in [4.69, 9.17) is 19.2 Å². The van der Waals surface area contributed by atoms with Crippen molar-refractivity contribution in [3.8, 4) is 0 Å². The average Bonchev–Trinajstić information content (AvgIpc) is 0.722. The van der Waals surface area contributed by atoms with Crippen LogP contribution in [-0.2, 0) is 17.1 Å². The quantitative estimate of drug-likeness (QED) is 0.382. The molecule has 0 saturated carbocycles. The first-order valence-corrected chi connectivity index (χ1v) is 2.57. The largest absolute Gasteiger partial charge is 2.00 e. The van der Waals surface area contributed by atoms with Gasteiger partial charge in [0.15, 0.2) is 0 Å². The second-order valence-corrected chi connectivity index (χ2v) is 1.65. The summed E-state index contributed by atoms with van der Waals surface area (Å²) in [7, 11) is -5.11. The monoisotopic (exact) mass is 206 g/mol. The van der Waals surface area contributed by atoms with Gasteiger partial charge in [-0.15, -0.1) is 0 Å². The van der Waals surface area contributed by atoms with E-state index >= 15 is 0 Å². The zero-order valence-electron chi connectivity index (χ0n) is 4.01. The van der Waals surface area contributed by atoms with Crippen LogP contribution in [0.5, 0.6) is 0 Å². The van der Waals surface area contributed by atoms with Gasteiger partial charge in [0.05, 0.1) is 0 Å². The van der Waals surface area contributed by atoms with Gasteiger partial charge in [0, 0.05) is 0 Å². The van der Waals surface area contributed by atoms with Crippen LogP contribution in [0, 0.1) is 0 Å². The maximum absolute atomic E-state index is 8.80. The van der Waals surface area contributed by atoms with E-state index in [0.717, 1.165) is 0 Å². The molecule has 0 fully saturated rings. The predicted molar refractivity (Wildman–Crippen MR) is 12.1 cm³/mol. The standard InChI is InChI=1S/Fe.K.H2O4Si.H2O/c;;1-5(2,3)4;/h;;1-2H;1H2/q+2;+1;-2;/p-1. The fourth-order valence-corrected chi connectivity index (χ4v) is 0. The maximum Gasteiger partial charge on any atom is 2.00 e. The summed E-state index contributed by atoms with van der Waals surface area (Å²) < 4.78 is 0. The maximum atomic E-state index is 8.80. The molecule has 8 heteroatoms. The molecule has 46 valence electrons. The van der Waals surface area contributed by atoms with Crippen LogP contribution in [0.2, 0.25) is 0 Å². The molecule has 0 rings (SSSR count). The van der Waals surface area contributed by atoms with E-state index in [0.29, 0.717) is 0 Å². The second kappa shape index (κ2) is 9.17. The van der Waals surface area contributed by atoms with Crippen LogP contribution in [0.15, 0.2) is 0 Å². The molecule has 0 unspecified atom stereocenters. The Hall–Kier alpha value is 2.17. The van der Waals surface area contributed by atoms with Gasteiger partial charge >= 0.3 is 68.5 Å². The van der Waals surface area contributed by atoms with Crippen molar-refractivity contribution < 1.29 is 93.1 Å². The van der Waals surface area contributed by atoms with Gasteiger partial charge in [0.1, 0.15) is 9.05 Å². The molecule has 5 nitrogen and oxygen atoms in total. The van der Waals surface area contributed by atoms with Crippen LogP contribution >= 0.6 is 0 Å². The molecule has 0 heterocycles. The van der Waals surface area contributed by atoms with Gasteiger partial charge in [-0.3, -0.25) is 0 Å². The van der Waals surface area contributed by atoms with Gasteiger partial charge in [-0.2, -0.15) is 0 Å². The first kappa shape index (κ1) is 22.5. The molecule has 0 radical (unpaired) electrons. The summed E-state index contributed by atoms with van der Waals surface area (Å²) in [6, 6.07) is 0. The summed E-state index contributed by atoms with van der Waals surface area (Å²) in [5.74, 6) is 0. The Morgan fingerprint density at radius 2 is 1.12 bits per heavy atom. The normalized spacial score (nSPS) is 7.50. The van der Waals surface area contributed by atoms with Crippen molar-refractivity contribution in [3.05, 3.63) is 0 Å². The molecule has 0 aliphatic carbocycles. The number of hydrogen-bond donors (Lipinski definition) is 2. The third kappa shape index (κ3) is 89.1. The number of rotatable bonds is 0. The third-order valence-electron chi connectivity index (χ3n) is 0.